The SMILES string of the molecule is [N-]=[N+]=NCC1CCCN(NC(=O)O)C1. The first-order chi connectivity index (χ1) is 6.72. The molecule has 0 bridgehead atoms. The zero-order valence-electron chi connectivity index (χ0n) is 7.76. The molecule has 7 heteroatoms. The van der Waals surface area contributed by atoms with Crippen LogP contribution in [0.5, 0.6) is 0 Å². The van der Waals surface area contributed by atoms with E-state index in [1.54, 1.807) is 5.01 Å². The molecule has 0 saturated carbocycles. The van der Waals surface area contributed by atoms with Crippen LogP contribution in [0.15, 0.2) is 5.11 Å². The molecule has 1 atom stereocenters. The summed E-state index contributed by atoms with van der Waals surface area (Å²) in [6.45, 7) is 1.78. The molecule has 14 heavy (non-hydrogen) atoms. The number of nitrogens with one attached hydrogen (secondary N) is 1. The Hall–Kier alpha value is -1.46. The number of hydrazine groups is 1. The first-order valence-electron chi connectivity index (χ1n) is 4.47. The average molecular weight is 199 g/mol. The number of amides is 1. The van der Waals surface area contributed by atoms with Crippen molar-refractivity contribution < 1.29 is 9.90 Å². The van der Waals surface area contributed by atoms with Crippen LogP contribution in [0.3, 0.4) is 0 Å². The molecule has 0 aromatic heterocycles. The van der Waals surface area contributed by atoms with Gasteiger partial charge in [0.15, 0.2) is 0 Å². The average Bonchev–Trinajstić information content (AvgIpc) is 2.14. The third-order valence-electron chi connectivity index (χ3n) is 2.18. The van der Waals surface area contributed by atoms with E-state index in [-0.39, 0.29) is 5.92 Å². The maximum atomic E-state index is 10.4. The second-order valence-corrected chi connectivity index (χ2v) is 3.28. The van der Waals surface area contributed by atoms with Gasteiger partial charge in [0, 0.05) is 24.5 Å². The topological polar surface area (TPSA) is 101 Å². The molecule has 0 spiro atoms. The molecule has 0 radical (unpaired) electrons. The van der Waals surface area contributed by atoms with Gasteiger partial charge in [-0.15, -0.1) is 0 Å². The Morgan fingerprint density at radius 1 is 1.79 bits per heavy atom. The van der Waals surface area contributed by atoms with E-state index < -0.39 is 6.09 Å². The van der Waals surface area contributed by atoms with E-state index in [9.17, 15) is 4.79 Å². The van der Waals surface area contributed by atoms with Crippen LogP contribution in [0.1, 0.15) is 12.8 Å². The lowest BCUT2D eigenvalue weighted by atomic mass is 10.00. The molecule has 0 aliphatic carbocycles. The lowest BCUT2D eigenvalue weighted by Crippen LogP contribution is -2.47. The molecule has 2 N–H and O–H groups in total. The van der Waals surface area contributed by atoms with Crippen molar-refractivity contribution >= 4 is 6.09 Å². The highest BCUT2D eigenvalue weighted by Crippen LogP contribution is 2.15. The van der Waals surface area contributed by atoms with Crippen LogP contribution in [0.25, 0.3) is 10.4 Å². The number of nitrogens with zero attached hydrogens (tertiary/aromatic N) is 4. The number of rotatable bonds is 3. The van der Waals surface area contributed by atoms with Crippen molar-refractivity contribution in [2.75, 3.05) is 19.6 Å². The number of piperidine rings is 1. The quantitative estimate of drug-likeness (QED) is 0.405. The molecule has 1 saturated heterocycles. The first kappa shape index (κ1) is 10.6. The summed E-state index contributed by atoms with van der Waals surface area (Å²) in [6, 6.07) is 0. The van der Waals surface area contributed by atoms with E-state index in [4.69, 9.17) is 10.6 Å². The predicted octanol–water partition coefficient (Wildman–Crippen LogP) is 1.19. The monoisotopic (exact) mass is 199 g/mol. The van der Waals surface area contributed by atoms with Gasteiger partial charge in [-0.05, 0) is 24.3 Å². The molecule has 1 aliphatic rings. The minimum absolute atomic E-state index is 0.256. The van der Waals surface area contributed by atoms with Crippen molar-refractivity contribution in [1.82, 2.24) is 10.4 Å². The highest BCUT2D eigenvalue weighted by atomic mass is 16.4. The molecular weight excluding hydrogens is 186 g/mol. The van der Waals surface area contributed by atoms with Crippen LogP contribution in [0, 0.1) is 5.92 Å². The summed E-state index contributed by atoms with van der Waals surface area (Å²) < 4.78 is 0. The van der Waals surface area contributed by atoms with Crippen molar-refractivity contribution in [2.45, 2.75) is 12.8 Å². The van der Waals surface area contributed by atoms with E-state index in [2.05, 4.69) is 15.5 Å². The normalized spacial score (nSPS) is 22.4. The fraction of sp³-hybridized carbons (Fsp3) is 0.857. The van der Waals surface area contributed by atoms with Crippen LogP contribution < -0.4 is 5.43 Å². The van der Waals surface area contributed by atoms with Crippen LogP contribution >= 0.6 is 0 Å². The van der Waals surface area contributed by atoms with Gasteiger partial charge in [0.05, 0.1) is 0 Å². The van der Waals surface area contributed by atoms with Crippen LogP contribution in [0.4, 0.5) is 4.79 Å². The minimum atomic E-state index is -1.05. The molecule has 1 aliphatic heterocycles. The Morgan fingerprint density at radius 3 is 3.21 bits per heavy atom. The standard InChI is InChI=1S/C7H13N5O2/c8-11-9-4-6-2-1-3-12(5-6)10-7(13)14/h6,10H,1-5H2,(H,13,14). The van der Waals surface area contributed by atoms with Gasteiger partial charge in [0.25, 0.3) is 0 Å². The number of hydrogen-bond acceptors (Lipinski definition) is 3. The highest BCUT2D eigenvalue weighted by Gasteiger charge is 2.20. The molecule has 1 amide bonds. The van der Waals surface area contributed by atoms with Crippen molar-refractivity contribution in [3.63, 3.8) is 0 Å². The number of carboxylic acid groups (broad SMARTS) is 1. The summed E-state index contributed by atoms with van der Waals surface area (Å²) in [7, 11) is 0. The van der Waals surface area contributed by atoms with Gasteiger partial charge in [-0.3, -0.25) is 5.43 Å². The minimum Gasteiger partial charge on any atom is -0.464 e. The summed E-state index contributed by atoms with van der Waals surface area (Å²) in [5.74, 6) is 0.256. The molecule has 0 aromatic carbocycles. The Kier molecular flexibility index (Phi) is 4.03. The lowest BCUT2D eigenvalue weighted by Gasteiger charge is -2.30. The van der Waals surface area contributed by atoms with Crippen LogP contribution in [-0.2, 0) is 0 Å². The van der Waals surface area contributed by atoms with E-state index in [1.807, 2.05) is 0 Å². The lowest BCUT2D eigenvalue weighted by molar-refractivity contribution is 0.103. The molecular formula is C7H13N5O2. The predicted molar refractivity (Wildman–Crippen MR) is 49.5 cm³/mol. The summed E-state index contributed by atoms with van der Waals surface area (Å²) >= 11 is 0. The highest BCUT2D eigenvalue weighted by molar-refractivity contribution is 5.63. The van der Waals surface area contributed by atoms with Gasteiger partial charge >= 0.3 is 6.09 Å². The fourth-order valence-electron chi connectivity index (χ4n) is 1.60. The maximum absolute atomic E-state index is 10.4. The maximum Gasteiger partial charge on any atom is 0.419 e. The summed E-state index contributed by atoms with van der Waals surface area (Å²) in [6.07, 6.45) is 0.859. The van der Waals surface area contributed by atoms with Gasteiger partial charge in [-0.25, -0.2) is 9.80 Å². The van der Waals surface area contributed by atoms with Gasteiger partial charge < -0.3 is 5.11 Å². The fourth-order valence-corrected chi connectivity index (χ4v) is 1.60. The summed E-state index contributed by atoms with van der Waals surface area (Å²) in [4.78, 5) is 13.0. The Bertz CT molecular complexity index is 240. The molecule has 7 nitrogen and oxygen atoms in total. The molecule has 0 aromatic rings. The van der Waals surface area contributed by atoms with E-state index in [1.165, 1.54) is 0 Å². The van der Waals surface area contributed by atoms with Crippen molar-refractivity contribution in [3.05, 3.63) is 10.4 Å². The van der Waals surface area contributed by atoms with E-state index in [0.717, 1.165) is 19.4 Å². The summed E-state index contributed by atoms with van der Waals surface area (Å²) in [5.41, 5.74) is 10.4. The van der Waals surface area contributed by atoms with Crippen LogP contribution in [-0.4, -0.2) is 35.8 Å². The zero-order chi connectivity index (χ0) is 10.4. The van der Waals surface area contributed by atoms with Crippen molar-refractivity contribution in [3.8, 4) is 0 Å². The Balaban J connectivity index is 2.35. The Labute approximate surface area is 81.3 Å². The molecule has 1 fully saturated rings. The number of azide groups is 1. The third kappa shape index (κ3) is 3.51. The number of hydrogen-bond donors (Lipinski definition) is 2. The third-order valence-corrected chi connectivity index (χ3v) is 2.18. The van der Waals surface area contributed by atoms with Crippen molar-refractivity contribution in [1.29, 1.82) is 0 Å². The van der Waals surface area contributed by atoms with Gasteiger partial charge in [-0.2, -0.15) is 0 Å². The van der Waals surface area contributed by atoms with E-state index >= 15 is 0 Å². The molecule has 1 heterocycles. The molecule has 1 rings (SSSR count). The smallest absolute Gasteiger partial charge is 0.419 e. The largest absolute Gasteiger partial charge is 0.464 e. The van der Waals surface area contributed by atoms with Gasteiger partial charge in [-0.1, -0.05) is 5.11 Å². The van der Waals surface area contributed by atoms with Gasteiger partial charge in [0.2, 0.25) is 0 Å². The zero-order valence-corrected chi connectivity index (χ0v) is 7.76. The summed E-state index contributed by atoms with van der Waals surface area (Å²) in [5, 5.41) is 13.6. The second-order valence-electron chi connectivity index (χ2n) is 3.28. The second kappa shape index (κ2) is 5.31. The van der Waals surface area contributed by atoms with Crippen LogP contribution in [0.2, 0.25) is 0 Å². The Morgan fingerprint density at radius 2 is 2.57 bits per heavy atom. The van der Waals surface area contributed by atoms with Gasteiger partial charge in [0.1, 0.15) is 0 Å². The molecule has 1 unspecified atom stereocenters. The number of carbonyl (C=O) groups is 1. The van der Waals surface area contributed by atoms with E-state index in [0.29, 0.717) is 13.1 Å². The molecule has 78 valence electrons. The first-order valence-corrected chi connectivity index (χ1v) is 4.47. The van der Waals surface area contributed by atoms with Crippen molar-refractivity contribution in [2.24, 2.45) is 11.0 Å².